The van der Waals surface area contributed by atoms with Crippen LogP contribution in [0.15, 0.2) is 41.5 Å². The Morgan fingerprint density at radius 1 is 1.35 bits per heavy atom. The summed E-state index contributed by atoms with van der Waals surface area (Å²) >= 11 is 5.90. The van der Waals surface area contributed by atoms with E-state index in [9.17, 15) is 20.0 Å². The van der Waals surface area contributed by atoms with Crippen molar-refractivity contribution >= 4 is 29.4 Å². The molecule has 0 saturated heterocycles. The molecule has 0 spiro atoms. The molecular formula is C16H13ClN3O6-. The lowest BCUT2D eigenvalue weighted by molar-refractivity contribution is -0.398. The van der Waals surface area contributed by atoms with E-state index >= 15 is 0 Å². The van der Waals surface area contributed by atoms with Crippen LogP contribution < -0.4 is 20.0 Å². The minimum absolute atomic E-state index is 0.200. The fraction of sp³-hybridized carbons (Fsp3) is 0.125. The predicted octanol–water partition coefficient (Wildman–Crippen LogP) is 1.86. The third kappa shape index (κ3) is 4.84. The molecule has 0 saturated carbocycles. The lowest BCUT2D eigenvalue weighted by Crippen LogP contribution is -2.24. The molecule has 0 atom stereocenters. The highest BCUT2D eigenvalue weighted by Crippen LogP contribution is 2.33. The molecule has 9 nitrogen and oxygen atoms in total. The molecule has 0 bridgehead atoms. The molecule has 0 unspecified atom stereocenters. The number of amides is 1. The first kappa shape index (κ1) is 19.0. The van der Waals surface area contributed by atoms with Gasteiger partial charge in [-0.3, -0.25) is 14.9 Å². The Morgan fingerprint density at radius 2 is 2.08 bits per heavy atom. The van der Waals surface area contributed by atoms with E-state index in [2.05, 4.69) is 10.5 Å². The smallest absolute Gasteiger partial charge is 0.277 e. The van der Waals surface area contributed by atoms with Gasteiger partial charge in [-0.1, -0.05) is 23.7 Å². The van der Waals surface area contributed by atoms with E-state index in [-0.39, 0.29) is 17.9 Å². The zero-order valence-electron chi connectivity index (χ0n) is 13.5. The molecule has 2 rings (SSSR count). The van der Waals surface area contributed by atoms with Gasteiger partial charge in [-0.15, -0.1) is 0 Å². The number of hydrogen-bond acceptors (Lipinski definition) is 7. The zero-order chi connectivity index (χ0) is 19.1. The number of hydrazone groups is 1. The van der Waals surface area contributed by atoms with Crippen molar-refractivity contribution in [2.45, 2.75) is 0 Å². The molecule has 0 aliphatic carbocycles. The number of carbonyl (C=O) groups excluding carboxylic acids is 1. The number of carbonyl (C=O) groups is 1. The molecule has 0 fully saturated rings. The summed E-state index contributed by atoms with van der Waals surface area (Å²) in [5.41, 5.74) is 1.75. The van der Waals surface area contributed by atoms with Gasteiger partial charge in [-0.25, -0.2) is 5.43 Å². The van der Waals surface area contributed by atoms with Gasteiger partial charge in [0.05, 0.1) is 23.3 Å². The van der Waals surface area contributed by atoms with Crippen LogP contribution in [0.5, 0.6) is 17.2 Å². The van der Waals surface area contributed by atoms with Gasteiger partial charge in [0.1, 0.15) is 11.5 Å². The summed E-state index contributed by atoms with van der Waals surface area (Å²) < 4.78 is 10.0. The maximum Gasteiger partial charge on any atom is 0.277 e. The Bertz CT molecular complexity index is 856. The molecule has 10 heteroatoms. The van der Waals surface area contributed by atoms with Crippen LogP contribution in [0.25, 0.3) is 0 Å². The van der Waals surface area contributed by atoms with Gasteiger partial charge in [0, 0.05) is 17.4 Å². The summed E-state index contributed by atoms with van der Waals surface area (Å²) in [5, 5.41) is 26.6. The average Bonchev–Trinajstić information content (AvgIpc) is 2.62. The van der Waals surface area contributed by atoms with Crippen LogP contribution in [0.2, 0.25) is 5.02 Å². The molecule has 1 N–H and O–H groups in total. The van der Waals surface area contributed by atoms with Gasteiger partial charge in [-0.05, 0) is 18.2 Å². The third-order valence-electron chi connectivity index (χ3n) is 3.07. The number of rotatable bonds is 7. The first-order valence-corrected chi connectivity index (χ1v) is 7.53. The molecule has 0 heterocycles. The second-order valence-corrected chi connectivity index (χ2v) is 5.25. The second-order valence-electron chi connectivity index (χ2n) is 4.84. The highest BCUT2D eigenvalue weighted by Gasteiger charge is 2.13. The number of methoxy groups -OCH3 is 1. The van der Waals surface area contributed by atoms with Gasteiger partial charge in [0.2, 0.25) is 0 Å². The average molecular weight is 379 g/mol. The molecule has 136 valence electrons. The minimum Gasteiger partial charge on any atom is -0.865 e. The van der Waals surface area contributed by atoms with Gasteiger partial charge in [0.25, 0.3) is 11.6 Å². The summed E-state index contributed by atoms with van der Waals surface area (Å²) in [7, 11) is 1.22. The van der Waals surface area contributed by atoms with Crippen molar-refractivity contribution < 1.29 is 24.3 Å². The number of nitro groups is 1. The van der Waals surface area contributed by atoms with Gasteiger partial charge in [0.15, 0.2) is 6.61 Å². The number of benzene rings is 2. The molecule has 2 aromatic rings. The van der Waals surface area contributed by atoms with Crippen molar-refractivity contribution in [1.82, 2.24) is 5.43 Å². The van der Waals surface area contributed by atoms with Crippen LogP contribution in [0.4, 0.5) is 5.69 Å². The van der Waals surface area contributed by atoms with Crippen LogP contribution in [0, 0.1) is 10.1 Å². The van der Waals surface area contributed by atoms with Crippen molar-refractivity contribution in [3.8, 4) is 17.2 Å². The summed E-state index contributed by atoms with van der Waals surface area (Å²) in [6, 6.07) is 8.95. The summed E-state index contributed by atoms with van der Waals surface area (Å²) in [6.45, 7) is -0.329. The SMILES string of the molecule is COc1cc(/C=N\NC(=O)COc2ccccc2Cl)cc([N+](=O)[O-])c1[O-]. The van der Waals surface area contributed by atoms with E-state index in [4.69, 9.17) is 21.1 Å². The normalized spacial score (nSPS) is 10.5. The lowest BCUT2D eigenvalue weighted by Gasteiger charge is -2.12. The molecule has 0 aliphatic rings. The second kappa shape index (κ2) is 8.67. The molecule has 0 aromatic heterocycles. The third-order valence-corrected chi connectivity index (χ3v) is 3.38. The van der Waals surface area contributed by atoms with E-state index in [1.165, 1.54) is 13.2 Å². The lowest BCUT2D eigenvalue weighted by atomic mass is 10.2. The number of ether oxygens (including phenoxy) is 2. The standard InChI is InChI=1S/C16H14ClN3O6/c1-25-14-7-10(6-12(16(14)22)20(23)24)8-18-19-15(21)9-26-13-5-3-2-4-11(13)17/h2-8,22H,9H2,1H3,(H,19,21)/p-1/b18-8-. The maximum atomic E-state index is 11.7. The van der Waals surface area contributed by atoms with Crippen molar-refractivity contribution in [2.75, 3.05) is 13.7 Å². The quantitative estimate of drug-likeness (QED) is 0.445. The molecule has 26 heavy (non-hydrogen) atoms. The molecule has 2 aromatic carbocycles. The number of nitro benzene ring substituents is 1. The predicted molar refractivity (Wildman–Crippen MR) is 91.8 cm³/mol. The Hall–Kier alpha value is -3.33. The van der Waals surface area contributed by atoms with E-state index in [0.717, 1.165) is 12.3 Å². The number of para-hydroxylation sites is 1. The first-order chi connectivity index (χ1) is 12.4. The highest BCUT2D eigenvalue weighted by molar-refractivity contribution is 6.32. The number of nitrogens with zero attached hydrogens (tertiary/aromatic N) is 2. The van der Waals surface area contributed by atoms with Crippen LogP contribution in [0.1, 0.15) is 5.56 Å². The van der Waals surface area contributed by atoms with Crippen LogP contribution in [-0.2, 0) is 4.79 Å². The van der Waals surface area contributed by atoms with E-state index in [1.54, 1.807) is 24.3 Å². The summed E-state index contributed by atoms with van der Waals surface area (Å²) in [5.74, 6) is -1.26. The van der Waals surface area contributed by atoms with Crippen LogP contribution >= 0.6 is 11.6 Å². The Kier molecular flexibility index (Phi) is 6.34. The Morgan fingerprint density at radius 3 is 2.73 bits per heavy atom. The highest BCUT2D eigenvalue weighted by atomic mass is 35.5. The number of halogens is 1. The zero-order valence-corrected chi connectivity index (χ0v) is 14.2. The first-order valence-electron chi connectivity index (χ1n) is 7.15. The molecular weight excluding hydrogens is 366 g/mol. The van der Waals surface area contributed by atoms with Crippen molar-refractivity contribution in [3.63, 3.8) is 0 Å². The monoisotopic (exact) mass is 378 g/mol. The van der Waals surface area contributed by atoms with Gasteiger partial charge in [-0.2, -0.15) is 5.10 Å². The van der Waals surface area contributed by atoms with E-state index in [1.807, 2.05) is 0 Å². The summed E-state index contributed by atoms with van der Waals surface area (Å²) in [4.78, 5) is 21.8. The number of hydrogen-bond donors (Lipinski definition) is 1. The van der Waals surface area contributed by atoms with Crippen molar-refractivity contribution in [3.05, 3.63) is 57.1 Å². The van der Waals surface area contributed by atoms with Crippen molar-refractivity contribution in [2.24, 2.45) is 5.10 Å². The van der Waals surface area contributed by atoms with Gasteiger partial charge >= 0.3 is 0 Å². The Balaban J connectivity index is 1.99. The maximum absolute atomic E-state index is 11.7. The summed E-state index contributed by atoms with van der Waals surface area (Å²) in [6.07, 6.45) is 1.14. The largest absolute Gasteiger partial charge is 0.865 e. The minimum atomic E-state index is -0.841. The van der Waals surface area contributed by atoms with Crippen LogP contribution in [-0.4, -0.2) is 30.8 Å². The van der Waals surface area contributed by atoms with Crippen molar-refractivity contribution in [1.29, 1.82) is 0 Å². The van der Waals surface area contributed by atoms with E-state index in [0.29, 0.717) is 10.8 Å². The Labute approximate surface area is 153 Å². The molecule has 1 amide bonds. The van der Waals surface area contributed by atoms with Gasteiger partial charge < -0.3 is 14.6 Å². The topological polar surface area (TPSA) is 126 Å². The number of nitrogens with one attached hydrogen (secondary N) is 1. The van der Waals surface area contributed by atoms with E-state index < -0.39 is 22.3 Å². The fourth-order valence-corrected chi connectivity index (χ4v) is 2.08. The van der Waals surface area contributed by atoms with Crippen LogP contribution in [0.3, 0.4) is 0 Å². The molecule has 0 radical (unpaired) electrons. The molecule has 0 aliphatic heterocycles. The fourth-order valence-electron chi connectivity index (χ4n) is 1.89.